The van der Waals surface area contributed by atoms with Crippen LogP contribution in [0.25, 0.3) is 0 Å². The molecule has 0 saturated carbocycles. The third-order valence-corrected chi connectivity index (χ3v) is 5.62. The van der Waals surface area contributed by atoms with Crippen LogP contribution < -0.4 is 19.7 Å². The molecule has 0 atom stereocenters. The monoisotopic (exact) mass is 569 g/mol. The summed E-state index contributed by atoms with van der Waals surface area (Å²) in [6, 6.07) is 7.74. The van der Waals surface area contributed by atoms with Crippen molar-refractivity contribution < 1.29 is 9.47 Å². The third kappa shape index (κ3) is 7.88. The Bertz CT molecular complexity index is 861. The largest absolute Gasteiger partial charge is 0.497 e. The number of anilines is 1. The van der Waals surface area contributed by atoms with Gasteiger partial charge in [-0.25, -0.2) is 9.97 Å². The van der Waals surface area contributed by atoms with Gasteiger partial charge in [-0.1, -0.05) is 0 Å². The number of methoxy groups -OCH3 is 2. The van der Waals surface area contributed by atoms with Crippen molar-refractivity contribution in [3.63, 3.8) is 0 Å². The number of guanidine groups is 1. The summed E-state index contributed by atoms with van der Waals surface area (Å²) in [5.74, 6) is 3.29. The van der Waals surface area contributed by atoms with Crippen molar-refractivity contribution >= 4 is 35.9 Å². The zero-order valence-electron chi connectivity index (χ0n) is 20.0. The number of nitrogens with zero attached hydrogens (tertiary/aromatic N) is 6. The van der Waals surface area contributed by atoms with Crippen molar-refractivity contribution in [3.8, 4) is 11.5 Å². The zero-order valence-corrected chi connectivity index (χ0v) is 22.4. The predicted octanol–water partition coefficient (Wildman–Crippen LogP) is 2.33. The van der Waals surface area contributed by atoms with E-state index in [-0.39, 0.29) is 24.0 Å². The first-order valence-corrected chi connectivity index (χ1v) is 11.0. The molecule has 1 aliphatic heterocycles. The highest BCUT2D eigenvalue weighted by Crippen LogP contribution is 2.25. The van der Waals surface area contributed by atoms with Gasteiger partial charge >= 0.3 is 0 Å². The Balaban J connectivity index is 0.00000385. The van der Waals surface area contributed by atoms with Gasteiger partial charge in [0, 0.05) is 77.4 Å². The van der Waals surface area contributed by atoms with Crippen molar-refractivity contribution in [1.82, 2.24) is 25.1 Å². The van der Waals surface area contributed by atoms with E-state index in [9.17, 15) is 0 Å². The average molecular weight is 569 g/mol. The number of benzene rings is 1. The van der Waals surface area contributed by atoms with E-state index in [1.807, 2.05) is 38.4 Å². The van der Waals surface area contributed by atoms with Gasteiger partial charge in [-0.3, -0.25) is 9.89 Å². The van der Waals surface area contributed by atoms with Gasteiger partial charge in [-0.05, 0) is 31.2 Å². The maximum atomic E-state index is 5.52. The van der Waals surface area contributed by atoms with Gasteiger partial charge < -0.3 is 24.6 Å². The van der Waals surface area contributed by atoms with Gasteiger partial charge in [0.1, 0.15) is 11.5 Å². The standard InChI is InChI=1S/C23H35N7O2.HI/c1-24-22(28(2)18-19-7-8-20(31-3)17-21(19)32-4)25-11-6-12-29-13-15-30(16-14-29)23-26-9-5-10-27-23;/h5,7-10,17H,6,11-16,18H2,1-4H3,(H,24,25);1H. The van der Waals surface area contributed by atoms with Gasteiger partial charge in [0.25, 0.3) is 0 Å². The SMILES string of the molecule is CN=C(NCCCN1CCN(c2ncccn2)CC1)N(C)Cc1ccc(OC)cc1OC.I. The molecular formula is C23H36IN7O2. The topological polar surface area (TPSA) is 78.4 Å². The fraction of sp³-hybridized carbons (Fsp3) is 0.522. The second kappa shape index (κ2) is 14.0. The summed E-state index contributed by atoms with van der Waals surface area (Å²) >= 11 is 0. The van der Waals surface area contributed by atoms with Crippen LogP contribution in [0.3, 0.4) is 0 Å². The van der Waals surface area contributed by atoms with Crippen molar-refractivity contribution in [3.05, 3.63) is 42.2 Å². The first kappa shape index (κ1) is 26.9. The number of nitrogens with one attached hydrogen (secondary N) is 1. The minimum atomic E-state index is 0. The Morgan fingerprint density at radius 3 is 2.48 bits per heavy atom. The van der Waals surface area contributed by atoms with Gasteiger partial charge in [0.15, 0.2) is 5.96 Å². The fourth-order valence-electron chi connectivity index (χ4n) is 3.83. The minimum absolute atomic E-state index is 0. The first-order valence-electron chi connectivity index (χ1n) is 11.0. The van der Waals surface area contributed by atoms with Crippen LogP contribution in [-0.4, -0.2) is 93.3 Å². The molecule has 0 aliphatic carbocycles. The molecular weight excluding hydrogens is 533 g/mol. The molecule has 10 heteroatoms. The zero-order chi connectivity index (χ0) is 22.8. The lowest BCUT2D eigenvalue weighted by atomic mass is 10.2. The third-order valence-electron chi connectivity index (χ3n) is 5.62. The number of halogens is 1. The molecule has 182 valence electrons. The molecule has 1 N–H and O–H groups in total. The molecule has 2 heterocycles. The lowest BCUT2D eigenvalue weighted by Crippen LogP contribution is -2.47. The van der Waals surface area contributed by atoms with Crippen LogP contribution in [0.4, 0.5) is 5.95 Å². The number of hydrogen-bond acceptors (Lipinski definition) is 7. The smallest absolute Gasteiger partial charge is 0.225 e. The van der Waals surface area contributed by atoms with Crippen LogP contribution in [0.2, 0.25) is 0 Å². The summed E-state index contributed by atoms with van der Waals surface area (Å²) in [4.78, 5) is 20.0. The van der Waals surface area contributed by atoms with E-state index in [0.29, 0.717) is 6.54 Å². The molecule has 1 aromatic heterocycles. The Hall–Kier alpha value is -2.34. The summed E-state index contributed by atoms with van der Waals surface area (Å²) in [6.45, 7) is 6.62. The second-order valence-electron chi connectivity index (χ2n) is 7.74. The van der Waals surface area contributed by atoms with Crippen LogP contribution in [0, 0.1) is 0 Å². The quantitative estimate of drug-likeness (QED) is 0.214. The Morgan fingerprint density at radius 1 is 1.12 bits per heavy atom. The number of piperazine rings is 1. The lowest BCUT2D eigenvalue weighted by Gasteiger charge is -2.34. The molecule has 3 rings (SSSR count). The Kier molecular flexibility index (Phi) is 11.4. The van der Waals surface area contributed by atoms with E-state index in [1.54, 1.807) is 26.6 Å². The van der Waals surface area contributed by atoms with E-state index in [4.69, 9.17) is 9.47 Å². The molecule has 1 aromatic carbocycles. The first-order chi connectivity index (χ1) is 15.6. The van der Waals surface area contributed by atoms with Crippen molar-refractivity contribution in [2.45, 2.75) is 13.0 Å². The van der Waals surface area contributed by atoms with Crippen LogP contribution in [0.5, 0.6) is 11.5 Å². The summed E-state index contributed by atoms with van der Waals surface area (Å²) in [5.41, 5.74) is 1.08. The molecule has 0 bridgehead atoms. The number of rotatable bonds is 9. The van der Waals surface area contributed by atoms with E-state index >= 15 is 0 Å². The van der Waals surface area contributed by atoms with Crippen molar-refractivity contribution in [1.29, 1.82) is 0 Å². The highest BCUT2D eigenvalue weighted by Gasteiger charge is 2.18. The van der Waals surface area contributed by atoms with Crippen LogP contribution >= 0.6 is 24.0 Å². The average Bonchev–Trinajstić information content (AvgIpc) is 2.85. The Labute approximate surface area is 214 Å². The second-order valence-corrected chi connectivity index (χ2v) is 7.74. The van der Waals surface area contributed by atoms with Gasteiger partial charge in [0.05, 0.1) is 14.2 Å². The molecule has 33 heavy (non-hydrogen) atoms. The number of ether oxygens (including phenoxy) is 2. The molecule has 1 aliphatic rings. The normalized spacial score (nSPS) is 14.4. The summed E-state index contributed by atoms with van der Waals surface area (Å²) in [5, 5.41) is 3.48. The minimum Gasteiger partial charge on any atom is -0.497 e. The summed E-state index contributed by atoms with van der Waals surface area (Å²) in [7, 11) is 7.18. The van der Waals surface area contributed by atoms with Crippen molar-refractivity contribution in [2.75, 3.05) is 72.5 Å². The van der Waals surface area contributed by atoms with E-state index in [2.05, 4.69) is 35.0 Å². The molecule has 0 radical (unpaired) electrons. The van der Waals surface area contributed by atoms with Crippen LogP contribution in [-0.2, 0) is 6.54 Å². The van der Waals surface area contributed by atoms with E-state index < -0.39 is 0 Å². The molecule has 9 nitrogen and oxygen atoms in total. The number of hydrogen-bond donors (Lipinski definition) is 1. The number of aliphatic imine (C=N–C) groups is 1. The van der Waals surface area contributed by atoms with E-state index in [1.165, 1.54) is 0 Å². The highest BCUT2D eigenvalue weighted by molar-refractivity contribution is 14.0. The van der Waals surface area contributed by atoms with Gasteiger partial charge in [-0.2, -0.15) is 0 Å². The molecule has 1 fully saturated rings. The summed E-state index contributed by atoms with van der Waals surface area (Å²) in [6.07, 6.45) is 4.66. The van der Waals surface area contributed by atoms with Gasteiger partial charge in [-0.15, -0.1) is 24.0 Å². The molecule has 0 amide bonds. The van der Waals surface area contributed by atoms with Crippen LogP contribution in [0.15, 0.2) is 41.7 Å². The molecule has 0 unspecified atom stereocenters. The maximum Gasteiger partial charge on any atom is 0.225 e. The maximum absolute atomic E-state index is 5.52. The summed E-state index contributed by atoms with van der Waals surface area (Å²) < 4.78 is 10.8. The fourth-order valence-corrected chi connectivity index (χ4v) is 3.83. The van der Waals surface area contributed by atoms with E-state index in [0.717, 1.165) is 74.7 Å². The lowest BCUT2D eigenvalue weighted by molar-refractivity contribution is 0.254. The predicted molar refractivity (Wildman–Crippen MR) is 143 cm³/mol. The Morgan fingerprint density at radius 2 is 1.85 bits per heavy atom. The molecule has 0 spiro atoms. The number of aromatic nitrogens is 2. The molecule has 2 aromatic rings. The van der Waals surface area contributed by atoms with Gasteiger partial charge in [0.2, 0.25) is 5.95 Å². The highest BCUT2D eigenvalue weighted by atomic mass is 127. The van der Waals surface area contributed by atoms with Crippen molar-refractivity contribution in [2.24, 2.45) is 4.99 Å². The molecule has 1 saturated heterocycles. The van der Waals surface area contributed by atoms with Crippen LogP contribution in [0.1, 0.15) is 12.0 Å².